The van der Waals surface area contributed by atoms with E-state index < -0.39 is 0 Å². The number of nitrogens with one attached hydrogen (secondary N) is 1. The van der Waals surface area contributed by atoms with Crippen LogP contribution in [0.15, 0.2) is 0 Å². The molecule has 0 aromatic heterocycles. The lowest BCUT2D eigenvalue weighted by Crippen LogP contribution is -2.39. The van der Waals surface area contributed by atoms with E-state index in [-0.39, 0.29) is 11.1 Å². The largest absolute Gasteiger partial charge is 0.374 e. The molecule has 2 heteroatoms. The number of hydrogen-bond donors (Lipinski definition) is 1. The Bertz CT molecular complexity index is 145. The first-order valence-corrected chi connectivity index (χ1v) is 5.72. The highest BCUT2D eigenvalue weighted by Gasteiger charge is 2.19. The predicted molar refractivity (Wildman–Crippen MR) is 62.7 cm³/mol. The number of ether oxygens (including phenoxy) is 1. The van der Waals surface area contributed by atoms with Crippen LogP contribution in [0.1, 0.15) is 54.4 Å². The van der Waals surface area contributed by atoms with Gasteiger partial charge in [0.15, 0.2) is 0 Å². The smallest absolute Gasteiger partial charge is 0.0650 e. The molecule has 2 nitrogen and oxygen atoms in total. The highest BCUT2D eigenvalue weighted by molar-refractivity contribution is 4.73. The van der Waals surface area contributed by atoms with Gasteiger partial charge in [-0.1, -0.05) is 13.8 Å². The fraction of sp³-hybridized carbons (Fsp3) is 1.00. The molecule has 0 heterocycles. The van der Waals surface area contributed by atoms with E-state index in [9.17, 15) is 0 Å². The Kier molecular flexibility index (Phi) is 5.68. The number of hydrogen-bond acceptors (Lipinski definition) is 2. The Morgan fingerprint density at radius 2 is 1.50 bits per heavy atom. The van der Waals surface area contributed by atoms with Gasteiger partial charge in [-0.25, -0.2) is 0 Å². The van der Waals surface area contributed by atoms with E-state index in [2.05, 4.69) is 46.9 Å². The van der Waals surface area contributed by atoms with E-state index in [0.29, 0.717) is 0 Å². The molecule has 0 atom stereocenters. The Morgan fingerprint density at radius 3 is 1.86 bits per heavy atom. The zero-order valence-electron chi connectivity index (χ0n) is 10.7. The zero-order chi connectivity index (χ0) is 11.2. The number of rotatable bonds is 6. The molecule has 0 radical (unpaired) electrons. The van der Waals surface area contributed by atoms with E-state index in [1.165, 1.54) is 0 Å². The van der Waals surface area contributed by atoms with Crippen LogP contribution in [0.2, 0.25) is 0 Å². The molecule has 1 N–H and O–H groups in total. The van der Waals surface area contributed by atoms with E-state index in [4.69, 9.17) is 4.74 Å². The van der Waals surface area contributed by atoms with Crippen LogP contribution < -0.4 is 5.32 Å². The van der Waals surface area contributed by atoms with Crippen LogP contribution in [0, 0.1) is 0 Å². The molecule has 0 aliphatic heterocycles. The molecule has 0 aliphatic carbocycles. The van der Waals surface area contributed by atoms with Crippen molar-refractivity contribution in [2.45, 2.75) is 65.5 Å². The Balaban J connectivity index is 3.63. The molecule has 0 spiro atoms. The van der Waals surface area contributed by atoms with E-state index >= 15 is 0 Å². The molecular weight excluding hydrogens is 174 g/mol. The van der Waals surface area contributed by atoms with Crippen molar-refractivity contribution in [1.82, 2.24) is 5.32 Å². The lowest BCUT2D eigenvalue weighted by Gasteiger charge is -2.28. The third kappa shape index (κ3) is 6.39. The summed E-state index contributed by atoms with van der Waals surface area (Å²) in [6, 6.07) is 0. The van der Waals surface area contributed by atoms with Gasteiger partial charge in [-0.2, -0.15) is 0 Å². The highest BCUT2D eigenvalue weighted by Crippen LogP contribution is 2.18. The molecule has 0 rings (SSSR count). The second kappa shape index (κ2) is 5.72. The quantitative estimate of drug-likeness (QED) is 0.667. The van der Waals surface area contributed by atoms with Crippen molar-refractivity contribution in [1.29, 1.82) is 0 Å². The van der Waals surface area contributed by atoms with Crippen molar-refractivity contribution < 1.29 is 4.74 Å². The first-order valence-electron chi connectivity index (χ1n) is 5.72. The van der Waals surface area contributed by atoms with Gasteiger partial charge in [-0.05, 0) is 40.5 Å². The fourth-order valence-corrected chi connectivity index (χ4v) is 1.18. The average Bonchev–Trinajstić information content (AvgIpc) is 2.11. The molecule has 0 amide bonds. The van der Waals surface area contributed by atoms with Crippen molar-refractivity contribution in [2.75, 3.05) is 13.2 Å². The second-order valence-corrected chi connectivity index (χ2v) is 5.18. The van der Waals surface area contributed by atoms with Gasteiger partial charge >= 0.3 is 0 Å². The minimum Gasteiger partial charge on any atom is -0.374 e. The molecule has 0 aliphatic rings. The zero-order valence-corrected chi connectivity index (χ0v) is 10.7. The first kappa shape index (κ1) is 13.9. The topological polar surface area (TPSA) is 21.3 Å². The van der Waals surface area contributed by atoms with Crippen LogP contribution in [-0.2, 0) is 4.74 Å². The molecule has 0 unspecified atom stereocenters. The van der Waals surface area contributed by atoms with Gasteiger partial charge < -0.3 is 10.1 Å². The second-order valence-electron chi connectivity index (χ2n) is 5.18. The third-order valence-corrected chi connectivity index (χ3v) is 2.70. The van der Waals surface area contributed by atoms with Gasteiger partial charge in [0.1, 0.15) is 0 Å². The van der Waals surface area contributed by atoms with Crippen molar-refractivity contribution >= 4 is 0 Å². The van der Waals surface area contributed by atoms with E-state index in [1.807, 2.05) is 0 Å². The summed E-state index contributed by atoms with van der Waals surface area (Å²) < 4.78 is 5.86. The van der Waals surface area contributed by atoms with Gasteiger partial charge in [-0.3, -0.25) is 0 Å². The Morgan fingerprint density at radius 1 is 1.00 bits per heavy atom. The monoisotopic (exact) mass is 201 g/mol. The Labute approximate surface area is 89.4 Å². The van der Waals surface area contributed by atoms with Crippen molar-refractivity contribution in [3.8, 4) is 0 Å². The normalized spacial score (nSPS) is 13.3. The summed E-state index contributed by atoms with van der Waals surface area (Å²) in [5.74, 6) is 0. The summed E-state index contributed by atoms with van der Waals surface area (Å²) in [7, 11) is 0. The maximum Gasteiger partial charge on any atom is 0.0650 e. The summed E-state index contributed by atoms with van der Waals surface area (Å²) in [6.07, 6.45) is 2.16. The van der Waals surface area contributed by atoms with Crippen molar-refractivity contribution in [3.63, 3.8) is 0 Å². The summed E-state index contributed by atoms with van der Waals surface area (Å²) in [4.78, 5) is 0. The molecule has 0 aromatic rings. The molecule has 0 aromatic carbocycles. The average molecular weight is 201 g/mol. The van der Waals surface area contributed by atoms with Gasteiger partial charge in [0, 0.05) is 12.1 Å². The molecule has 0 bridgehead atoms. The Hall–Kier alpha value is -0.0800. The standard InChI is InChI=1S/C12H27NO/c1-7-12(6,8-2)14-10-9-13-11(3,4)5/h13H,7-10H2,1-6H3. The molecule has 0 fully saturated rings. The van der Waals surface area contributed by atoms with Crippen LogP contribution in [0.3, 0.4) is 0 Å². The van der Waals surface area contributed by atoms with Crippen LogP contribution >= 0.6 is 0 Å². The summed E-state index contributed by atoms with van der Waals surface area (Å²) in [6.45, 7) is 14.8. The summed E-state index contributed by atoms with van der Waals surface area (Å²) >= 11 is 0. The van der Waals surface area contributed by atoms with E-state index in [1.54, 1.807) is 0 Å². The first-order chi connectivity index (χ1) is 6.33. The maximum absolute atomic E-state index is 5.86. The van der Waals surface area contributed by atoms with Crippen LogP contribution in [-0.4, -0.2) is 24.3 Å². The van der Waals surface area contributed by atoms with Crippen molar-refractivity contribution in [3.05, 3.63) is 0 Å². The molecular formula is C12H27NO. The summed E-state index contributed by atoms with van der Waals surface area (Å²) in [5.41, 5.74) is 0.262. The van der Waals surface area contributed by atoms with Crippen LogP contribution in [0.25, 0.3) is 0 Å². The van der Waals surface area contributed by atoms with E-state index in [0.717, 1.165) is 26.0 Å². The van der Waals surface area contributed by atoms with Gasteiger partial charge in [0.2, 0.25) is 0 Å². The highest BCUT2D eigenvalue weighted by atomic mass is 16.5. The maximum atomic E-state index is 5.86. The van der Waals surface area contributed by atoms with Gasteiger partial charge in [0.05, 0.1) is 12.2 Å². The van der Waals surface area contributed by atoms with Gasteiger partial charge in [0.25, 0.3) is 0 Å². The van der Waals surface area contributed by atoms with Crippen LogP contribution in [0.5, 0.6) is 0 Å². The fourth-order valence-electron chi connectivity index (χ4n) is 1.18. The molecule has 0 saturated heterocycles. The lowest BCUT2D eigenvalue weighted by atomic mass is 10.0. The molecule has 0 saturated carbocycles. The third-order valence-electron chi connectivity index (χ3n) is 2.70. The summed E-state index contributed by atoms with van der Waals surface area (Å²) in [5, 5.41) is 3.42. The predicted octanol–water partition coefficient (Wildman–Crippen LogP) is 2.97. The molecule has 14 heavy (non-hydrogen) atoms. The SMILES string of the molecule is CCC(C)(CC)OCCNC(C)(C)C. The van der Waals surface area contributed by atoms with Crippen molar-refractivity contribution in [2.24, 2.45) is 0 Å². The van der Waals surface area contributed by atoms with Gasteiger partial charge in [-0.15, -0.1) is 0 Å². The lowest BCUT2D eigenvalue weighted by molar-refractivity contribution is -0.0364. The minimum absolute atomic E-state index is 0.0690. The minimum atomic E-state index is 0.0690. The molecule has 86 valence electrons. The van der Waals surface area contributed by atoms with Crippen LogP contribution in [0.4, 0.5) is 0 Å².